The van der Waals surface area contributed by atoms with E-state index in [2.05, 4.69) is 52.5 Å². The summed E-state index contributed by atoms with van der Waals surface area (Å²) in [5.74, 6) is -5.68. The molecule has 7 atom stereocenters. The van der Waals surface area contributed by atoms with Crippen LogP contribution >= 0.6 is 0 Å². The molecule has 3 aliphatic carbocycles. The minimum atomic E-state index is -1.10. The average molecular weight is 1340 g/mol. The quantitative estimate of drug-likeness (QED) is 0.0267. The Bertz CT molecular complexity index is 3010. The second-order valence-electron chi connectivity index (χ2n) is 26.4. The molecule has 1 aromatic heterocycles. The van der Waals surface area contributed by atoms with E-state index < -0.39 is 82.8 Å². The van der Waals surface area contributed by atoms with Gasteiger partial charge in [-0.1, -0.05) is 65.9 Å². The SMILES string of the molecule is CCC[C@H](NC(=O)[C@@H]1C2CCC[C@H]2CN1C(=O)[C@@H](NC(=O)[C@@H](NC(=O)c1cnc(C(=O)NCCOCCOCCNC(=O)CCOCCOCCOCCOCCNc2cccc3c2CN(C2CCC(=O)NC2=O)C3=O)cn1)C1CCCCC1)C(C)(C)C)C(=O)C(=O)NC1CC1. The fourth-order valence-electron chi connectivity index (χ4n) is 13.0. The largest absolute Gasteiger partial charge is 0.382 e. The summed E-state index contributed by atoms with van der Waals surface area (Å²) >= 11 is 0. The predicted molar refractivity (Wildman–Crippen MR) is 346 cm³/mol. The van der Waals surface area contributed by atoms with Crippen LogP contribution in [0, 0.1) is 23.2 Å². The van der Waals surface area contributed by atoms with Gasteiger partial charge in [-0.25, -0.2) is 9.97 Å². The third kappa shape index (κ3) is 21.7. The fourth-order valence-corrected chi connectivity index (χ4v) is 13.0. The van der Waals surface area contributed by atoms with Gasteiger partial charge in [-0.15, -0.1) is 0 Å². The molecule has 528 valence electrons. The van der Waals surface area contributed by atoms with E-state index in [0.29, 0.717) is 104 Å². The molecular weight excluding hydrogens is 1240 g/mol. The Morgan fingerprint density at radius 3 is 1.93 bits per heavy atom. The lowest BCUT2D eigenvalue weighted by molar-refractivity contribution is -0.146. The molecular formula is C67H98N12O17. The molecule has 10 amide bonds. The Labute approximate surface area is 560 Å². The lowest BCUT2D eigenvalue weighted by Gasteiger charge is -2.38. The van der Waals surface area contributed by atoms with Crippen molar-refractivity contribution in [2.24, 2.45) is 23.2 Å². The van der Waals surface area contributed by atoms with E-state index in [1.54, 1.807) is 17.0 Å². The third-order valence-corrected chi connectivity index (χ3v) is 18.2. The van der Waals surface area contributed by atoms with Gasteiger partial charge in [-0.05, 0) is 86.7 Å². The molecule has 2 unspecified atom stereocenters. The normalized spacial score (nSPS) is 20.3. The number of imide groups is 1. The molecule has 3 aliphatic heterocycles. The Kier molecular flexibility index (Phi) is 28.8. The maximum atomic E-state index is 14.9. The first-order chi connectivity index (χ1) is 46.3. The van der Waals surface area contributed by atoms with Gasteiger partial charge in [0, 0.05) is 68.4 Å². The van der Waals surface area contributed by atoms with Crippen LogP contribution < -0.4 is 42.5 Å². The number of anilines is 1. The van der Waals surface area contributed by atoms with Crippen LogP contribution in [0.3, 0.4) is 0 Å². The highest BCUT2D eigenvalue weighted by Gasteiger charge is 2.53. The Morgan fingerprint density at radius 1 is 0.677 bits per heavy atom. The molecule has 6 aliphatic rings. The van der Waals surface area contributed by atoms with Crippen LogP contribution in [-0.4, -0.2) is 226 Å². The van der Waals surface area contributed by atoms with E-state index in [9.17, 15) is 52.7 Å². The van der Waals surface area contributed by atoms with Gasteiger partial charge in [0.15, 0.2) is 0 Å². The first-order valence-corrected chi connectivity index (χ1v) is 34.2. The molecule has 3 saturated carbocycles. The number of hydrogen-bond acceptors (Lipinski definition) is 20. The second-order valence-corrected chi connectivity index (χ2v) is 26.4. The van der Waals surface area contributed by atoms with Crippen LogP contribution in [0.25, 0.3) is 0 Å². The third-order valence-electron chi connectivity index (χ3n) is 18.2. The molecule has 0 radical (unpaired) electrons. The van der Waals surface area contributed by atoms with Gasteiger partial charge in [0.05, 0.1) is 97.7 Å². The van der Waals surface area contributed by atoms with Crippen molar-refractivity contribution in [1.29, 1.82) is 0 Å². The number of fused-ring (bicyclic) bond motifs is 2. The highest BCUT2D eigenvalue weighted by Crippen LogP contribution is 2.43. The van der Waals surface area contributed by atoms with Crippen LogP contribution in [0.15, 0.2) is 30.6 Å². The van der Waals surface area contributed by atoms with E-state index in [4.69, 9.17) is 28.4 Å². The minimum absolute atomic E-state index is 0.0309. The molecule has 0 bridgehead atoms. The number of hydrogen-bond donors (Lipinski definition) is 8. The zero-order chi connectivity index (χ0) is 68.6. The van der Waals surface area contributed by atoms with E-state index in [-0.39, 0.29) is 118 Å². The van der Waals surface area contributed by atoms with Crippen LogP contribution in [0.2, 0.25) is 0 Å². The zero-order valence-electron chi connectivity index (χ0n) is 55.9. The Hall–Kier alpha value is -7.57. The lowest BCUT2D eigenvalue weighted by atomic mass is 9.82. The summed E-state index contributed by atoms with van der Waals surface area (Å²) < 4.78 is 33.4. The number of carbonyl (C=O) groups excluding carboxylic acids is 11. The predicted octanol–water partition coefficient (Wildman–Crippen LogP) is 1.65. The number of nitrogens with one attached hydrogen (secondary N) is 8. The summed E-state index contributed by atoms with van der Waals surface area (Å²) in [6, 6.07) is 0.613. The summed E-state index contributed by atoms with van der Waals surface area (Å²) in [5, 5.41) is 22.6. The number of carbonyl (C=O) groups is 11. The van der Waals surface area contributed by atoms with Crippen molar-refractivity contribution in [1.82, 2.24) is 57.0 Å². The zero-order valence-corrected chi connectivity index (χ0v) is 55.9. The number of nitrogens with zero attached hydrogens (tertiary/aromatic N) is 4. The standard InChI is InChI=1S/C67H98N12O17/c1-5-11-49(57(82)64(88)73-44-18-19-44)74-63(87)56-45-15-9-14-43(45)40-79(56)66(90)58(67(2,3)4)77-62(86)55(42-12-7-6-8-13-42)76-60(84)51-39-71-50(38-72-51)59(83)70-25-29-94-32-31-93-28-24-69-53(80)22-26-91-30-34-95-36-37-96-35-33-92-27-23-68-48-17-10-16-46-47(48)41-78(65(46)89)52-20-21-54(81)75-61(52)85/h10,16-17,38-39,42-45,49,52,55-56,58,68H,5-9,11-15,18-37,40-41H2,1-4H3,(H,69,80)(H,70,83)(H,73,88)(H,74,87)(H,76,84)(H,77,86)(H,75,81,85)/t43-,45?,49-,52?,55-,56-,58+/m0/s1. The van der Waals surface area contributed by atoms with Crippen LogP contribution in [-0.2, 0) is 73.3 Å². The number of piperidine rings is 1. The van der Waals surface area contributed by atoms with Crippen LogP contribution in [0.5, 0.6) is 0 Å². The van der Waals surface area contributed by atoms with Crippen molar-refractivity contribution in [3.05, 3.63) is 53.1 Å². The number of benzene rings is 1. The lowest BCUT2D eigenvalue weighted by Crippen LogP contribution is -2.62. The molecule has 29 heteroatoms. The Morgan fingerprint density at radius 2 is 1.30 bits per heavy atom. The van der Waals surface area contributed by atoms with Crippen LogP contribution in [0.4, 0.5) is 5.69 Å². The van der Waals surface area contributed by atoms with E-state index in [1.807, 2.05) is 33.8 Å². The summed E-state index contributed by atoms with van der Waals surface area (Å²) in [5.41, 5.74) is 1.14. The van der Waals surface area contributed by atoms with Crippen molar-refractivity contribution in [2.75, 3.05) is 111 Å². The average Bonchev–Trinajstić information content (AvgIpc) is 1.60. The number of Topliss-reactive ketones (excluding diaryl/α,β-unsaturated/α-hetero) is 1. The van der Waals surface area contributed by atoms with E-state index in [1.165, 1.54) is 11.1 Å². The number of amides is 10. The van der Waals surface area contributed by atoms with Gasteiger partial charge in [-0.2, -0.15) is 0 Å². The van der Waals surface area contributed by atoms with Crippen LogP contribution in [0.1, 0.15) is 161 Å². The van der Waals surface area contributed by atoms with Crippen molar-refractivity contribution in [3.63, 3.8) is 0 Å². The smallest absolute Gasteiger partial charge is 0.289 e. The number of likely N-dealkylation sites (tertiary alicyclic amines) is 1. The summed E-state index contributed by atoms with van der Waals surface area (Å²) in [4.78, 5) is 157. The molecule has 4 heterocycles. The molecule has 1 aromatic carbocycles. The molecule has 2 saturated heterocycles. The first kappa shape index (κ1) is 74.2. The van der Waals surface area contributed by atoms with Crippen molar-refractivity contribution >= 4 is 70.5 Å². The van der Waals surface area contributed by atoms with Gasteiger partial charge in [-0.3, -0.25) is 58.1 Å². The minimum Gasteiger partial charge on any atom is -0.382 e. The molecule has 96 heavy (non-hydrogen) atoms. The van der Waals surface area contributed by atoms with Gasteiger partial charge in [0.1, 0.15) is 35.6 Å². The summed E-state index contributed by atoms with van der Waals surface area (Å²) in [6.07, 6.45) is 11.8. The number of ketones is 1. The maximum Gasteiger partial charge on any atom is 0.289 e. The number of rotatable bonds is 40. The molecule has 8 N–H and O–H groups in total. The first-order valence-electron chi connectivity index (χ1n) is 34.2. The fraction of sp³-hybridized carbons (Fsp3) is 0.687. The van der Waals surface area contributed by atoms with Crippen molar-refractivity contribution in [3.8, 4) is 0 Å². The molecule has 0 spiro atoms. The van der Waals surface area contributed by atoms with Crippen molar-refractivity contribution in [2.45, 2.75) is 167 Å². The number of aromatic nitrogens is 2. The van der Waals surface area contributed by atoms with Gasteiger partial charge >= 0.3 is 0 Å². The summed E-state index contributed by atoms with van der Waals surface area (Å²) in [6.45, 7) is 12.6. The molecule has 29 nitrogen and oxygen atoms in total. The van der Waals surface area contributed by atoms with Gasteiger partial charge < -0.3 is 75.4 Å². The van der Waals surface area contributed by atoms with E-state index >= 15 is 0 Å². The molecule has 5 fully saturated rings. The Balaban J connectivity index is 0.641. The highest BCUT2D eigenvalue weighted by atomic mass is 16.6. The maximum absolute atomic E-state index is 14.9. The van der Waals surface area contributed by atoms with Gasteiger partial charge in [0.25, 0.3) is 23.6 Å². The molecule has 2 aromatic rings. The van der Waals surface area contributed by atoms with E-state index in [0.717, 1.165) is 62.4 Å². The summed E-state index contributed by atoms with van der Waals surface area (Å²) in [7, 11) is 0. The van der Waals surface area contributed by atoms with Gasteiger partial charge in [0.2, 0.25) is 41.2 Å². The van der Waals surface area contributed by atoms with Crippen molar-refractivity contribution < 1.29 is 81.2 Å². The highest BCUT2D eigenvalue weighted by molar-refractivity contribution is 6.38. The molecule has 8 rings (SSSR count). The number of ether oxygens (including phenoxy) is 6. The topological polar surface area (TPSA) is 372 Å². The monoisotopic (exact) mass is 1340 g/mol. The second kappa shape index (κ2) is 37.2.